The monoisotopic (exact) mass is 308 g/mol. The molecule has 116 valence electrons. The number of halogens is 1. The van der Waals surface area contributed by atoms with Crippen LogP contribution in [0.15, 0.2) is 24.3 Å². The molecule has 2 rings (SSSR count). The Bertz CT molecular complexity index is 483. The predicted molar refractivity (Wildman–Crippen MR) is 87.6 cm³/mol. The highest BCUT2D eigenvalue weighted by molar-refractivity contribution is 6.30. The van der Waals surface area contributed by atoms with E-state index in [1.165, 1.54) is 0 Å². The van der Waals surface area contributed by atoms with E-state index in [0.29, 0.717) is 0 Å². The maximum Gasteiger partial charge on any atom is 0.227 e. The summed E-state index contributed by atoms with van der Waals surface area (Å²) in [6, 6.07) is 7.94. The van der Waals surface area contributed by atoms with E-state index >= 15 is 0 Å². The molecule has 0 aliphatic carbocycles. The van der Waals surface area contributed by atoms with Crippen molar-refractivity contribution < 1.29 is 4.79 Å². The summed E-state index contributed by atoms with van der Waals surface area (Å²) in [7, 11) is 0. The molecule has 1 aliphatic rings. The second-order valence-corrected chi connectivity index (χ2v) is 6.56. The average molecular weight is 309 g/mol. The molecule has 0 saturated carbocycles. The number of hydrogen-bond acceptors (Lipinski definition) is 2. The first kappa shape index (κ1) is 16.3. The fraction of sp³-hybridized carbons (Fsp3) is 0.588. The lowest BCUT2D eigenvalue weighted by Crippen LogP contribution is -2.52. The fourth-order valence-corrected chi connectivity index (χ4v) is 3.28. The minimum Gasteiger partial charge on any atom is -0.353 e. The van der Waals surface area contributed by atoms with Gasteiger partial charge in [-0.2, -0.15) is 0 Å². The number of rotatable bonds is 5. The van der Waals surface area contributed by atoms with E-state index < -0.39 is 0 Å². The summed E-state index contributed by atoms with van der Waals surface area (Å²) in [5.74, 6) is 0.187. The minimum atomic E-state index is -0.235. The molecule has 1 saturated heterocycles. The van der Waals surface area contributed by atoms with Crippen LogP contribution in [0.3, 0.4) is 0 Å². The van der Waals surface area contributed by atoms with E-state index in [0.717, 1.165) is 49.4 Å². The van der Waals surface area contributed by atoms with Crippen molar-refractivity contribution in [1.29, 1.82) is 0 Å². The molecule has 1 aromatic carbocycles. The van der Waals surface area contributed by atoms with Gasteiger partial charge in [0.05, 0.1) is 5.41 Å². The molecule has 0 aromatic heterocycles. The lowest BCUT2D eigenvalue weighted by molar-refractivity contribution is -0.133. The van der Waals surface area contributed by atoms with Crippen molar-refractivity contribution in [2.24, 2.45) is 5.41 Å². The van der Waals surface area contributed by atoms with Crippen molar-refractivity contribution >= 4 is 17.5 Å². The third-order valence-corrected chi connectivity index (χ3v) is 4.67. The number of amides is 1. The van der Waals surface area contributed by atoms with E-state index in [2.05, 4.69) is 24.5 Å². The lowest BCUT2D eigenvalue weighted by atomic mass is 9.77. The maximum atomic E-state index is 12.6. The van der Waals surface area contributed by atoms with Gasteiger partial charge in [-0.25, -0.2) is 0 Å². The van der Waals surface area contributed by atoms with E-state index in [1.54, 1.807) is 0 Å². The van der Waals surface area contributed by atoms with Crippen LogP contribution in [-0.2, 0) is 11.2 Å². The Kier molecular flexibility index (Phi) is 5.65. The number of carbonyl (C=O) groups is 1. The molecule has 21 heavy (non-hydrogen) atoms. The van der Waals surface area contributed by atoms with Gasteiger partial charge in [0.2, 0.25) is 5.91 Å². The number of nitrogens with one attached hydrogen (secondary N) is 2. The van der Waals surface area contributed by atoms with Gasteiger partial charge < -0.3 is 10.6 Å². The predicted octanol–water partition coefficient (Wildman–Crippen LogP) is 3.17. The van der Waals surface area contributed by atoms with Crippen molar-refractivity contribution in [2.45, 2.75) is 45.6 Å². The zero-order valence-corrected chi connectivity index (χ0v) is 13.7. The summed E-state index contributed by atoms with van der Waals surface area (Å²) in [5, 5.41) is 7.29. The topological polar surface area (TPSA) is 41.1 Å². The first-order valence-corrected chi connectivity index (χ1v) is 8.20. The Morgan fingerprint density at radius 2 is 2.33 bits per heavy atom. The summed E-state index contributed by atoms with van der Waals surface area (Å²) >= 11 is 6.00. The van der Waals surface area contributed by atoms with Gasteiger partial charge in [-0.05, 0) is 56.8 Å². The van der Waals surface area contributed by atoms with Crippen molar-refractivity contribution in [3.05, 3.63) is 34.9 Å². The third kappa shape index (κ3) is 4.21. The zero-order valence-electron chi connectivity index (χ0n) is 12.9. The average Bonchev–Trinajstić information content (AvgIpc) is 2.47. The van der Waals surface area contributed by atoms with Crippen LogP contribution >= 0.6 is 11.6 Å². The minimum absolute atomic E-state index is 0.112. The van der Waals surface area contributed by atoms with E-state index in [4.69, 9.17) is 11.6 Å². The highest BCUT2D eigenvalue weighted by Gasteiger charge is 2.38. The van der Waals surface area contributed by atoms with Crippen LogP contribution in [0.1, 0.15) is 38.7 Å². The fourth-order valence-electron chi connectivity index (χ4n) is 3.07. The molecule has 4 heteroatoms. The van der Waals surface area contributed by atoms with Crippen LogP contribution < -0.4 is 10.6 Å². The molecule has 2 unspecified atom stereocenters. The number of carbonyl (C=O) groups excluding carboxylic acids is 1. The molecule has 3 nitrogen and oxygen atoms in total. The number of piperidine rings is 1. The molecule has 1 aromatic rings. The Balaban J connectivity index is 1.95. The summed E-state index contributed by atoms with van der Waals surface area (Å²) < 4.78 is 0. The number of benzene rings is 1. The van der Waals surface area contributed by atoms with Crippen LogP contribution in [0.4, 0.5) is 0 Å². The number of hydrogen-bond donors (Lipinski definition) is 2. The highest BCUT2D eigenvalue weighted by atomic mass is 35.5. The second kappa shape index (κ2) is 7.28. The van der Waals surface area contributed by atoms with Gasteiger partial charge in [0.25, 0.3) is 0 Å². The first-order valence-electron chi connectivity index (χ1n) is 7.82. The molecule has 0 bridgehead atoms. The summed E-state index contributed by atoms with van der Waals surface area (Å²) in [5.41, 5.74) is 0.920. The van der Waals surface area contributed by atoms with Gasteiger partial charge in [0, 0.05) is 17.6 Å². The molecular formula is C17H25ClN2O. The van der Waals surface area contributed by atoms with Crippen LogP contribution in [0.2, 0.25) is 5.02 Å². The van der Waals surface area contributed by atoms with Crippen molar-refractivity contribution in [2.75, 3.05) is 13.1 Å². The van der Waals surface area contributed by atoms with Crippen LogP contribution in [-0.4, -0.2) is 25.0 Å². The van der Waals surface area contributed by atoms with Gasteiger partial charge >= 0.3 is 0 Å². The molecular weight excluding hydrogens is 284 g/mol. The lowest BCUT2D eigenvalue weighted by Gasteiger charge is -2.36. The standard InChI is InChI=1S/C17H25ClN2O/c1-3-17(8-5-9-19-12-17)16(21)20-13(2)10-14-6-4-7-15(18)11-14/h4,6-7,11,13,19H,3,5,8-10,12H2,1-2H3,(H,20,21). The van der Waals surface area contributed by atoms with E-state index in [1.807, 2.05) is 24.3 Å². The second-order valence-electron chi connectivity index (χ2n) is 6.12. The van der Waals surface area contributed by atoms with Gasteiger partial charge in [0.15, 0.2) is 0 Å². The SMILES string of the molecule is CCC1(C(=O)NC(C)Cc2cccc(Cl)c2)CCCNC1. The largest absolute Gasteiger partial charge is 0.353 e. The Morgan fingerprint density at radius 1 is 1.52 bits per heavy atom. The Labute approximate surface area is 132 Å². The summed E-state index contributed by atoms with van der Waals surface area (Å²) in [6.45, 7) is 5.97. The van der Waals surface area contributed by atoms with Crippen LogP contribution in [0.25, 0.3) is 0 Å². The third-order valence-electron chi connectivity index (χ3n) is 4.44. The molecule has 1 amide bonds. The highest BCUT2D eigenvalue weighted by Crippen LogP contribution is 2.30. The quantitative estimate of drug-likeness (QED) is 0.877. The smallest absolute Gasteiger partial charge is 0.227 e. The van der Waals surface area contributed by atoms with Crippen molar-refractivity contribution in [3.63, 3.8) is 0 Å². The molecule has 1 aliphatic heterocycles. The zero-order chi connectivity index (χ0) is 15.3. The van der Waals surface area contributed by atoms with Crippen LogP contribution in [0, 0.1) is 5.41 Å². The molecule has 2 N–H and O–H groups in total. The summed E-state index contributed by atoms with van der Waals surface area (Å²) in [6.07, 6.45) is 3.74. The normalized spacial score (nSPS) is 23.6. The first-order chi connectivity index (χ1) is 10.1. The van der Waals surface area contributed by atoms with Crippen LogP contribution in [0.5, 0.6) is 0 Å². The Morgan fingerprint density at radius 3 is 2.95 bits per heavy atom. The van der Waals surface area contributed by atoms with Gasteiger partial charge in [-0.15, -0.1) is 0 Å². The van der Waals surface area contributed by atoms with Crippen molar-refractivity contribution in [3.8, 4) is 0 Å². The molecule has 1 heterocycles. The maximum absolute atomic E-state index is 12.6. The van der Waals surface area contributed by atoms with E-state index in [9.17, 15) is 4.79 Å². The van der Waals surface area contributed by atoms with Gasteiger partial charge in [-0.1, -0.05) is 30.7 Å². The molecule has 2 atom stereocenters. The van der Waals surface area contributed by atoms with E-state index in [-0.39, 0.29) is 17.4 Å². The Hall–Kier alpha value is -1.06. The summed E-state index contributed by atoms with van der Waals surface area (Å²) in [4.78, 5) is 12.6. The van der Waals surface area contributed by atoms with Crippen molar-refractivity contribution in [1.82, 2.24) is 10.6 Å². The van der Waals surface area contributed by atoms with Gasteiger partial charge in [-0.3, -0.25) is 4.79 Å². The molecule has 0 spiro atoms. The van der Waals surface area contributed by atoms with Gasteiger partial charge in [0.1, 0.15) is 0 Å². The molecule has 0 radical (unpaired) electrons. The molecule has 1 fully saturated rings.